The molecule has 0 aromatic heterocycles. The lowest BCUT2D eigenvalue weighted by Crippen LogP contribution is -2.53. The highest BCUT2D eigenvalue weighted by molar-refractivity contribution is 9.10. The molecular formula is C31H35BrClN3O5S. The lowest BCUT2D eigenvalue weighted by molar-refractivity contribution is -0.139. The topological polar surface area (TPSA) is 96.0 Å². The second-order valence-corrected chi connectivity index (χ2v) is 13.5. The number of rotatable bonds is 11. The molecule has 3 aromatic rings. The maximum Gasteiger partial charge on any atom is 0.264 e. The van der Waals surface area contributed by atoms with Gasteiger partial charge in [0.15, 0.2) is 0 Å². The number of halogens is 2. The SMILES string of the molecule is COc1ccc(S(=O)(=O)N(CC(=O)N(Cc2ccc(Br)cc2)C(C)C(=O)NC2CCCCC2)c2ccc(Cl)cc2)cc1. The summed E-state index contributed by atoms with van der Waals surface area (Å²) in [6.07, 6.45) is 5.08. The normalized spacial score (nSPS) is 14.6. The number of carbonyl (C=O) groups excluding carboxylic acids is 2. The first-order valence-corrected chi connectivity index (χ1v) is 16.5. The maximum absolute atomic E-state index is 14.1. The predicted molar refractivity (Wildman–Crippen MR) is 168 cm³/mol. The fourth-order valence-electron chi connectivity index (χ4n) is 4.95. The number of carbonyl (C=O) groups is 2. The molecule has 4 rings (SSSR count). The molecule has 0 bridgehead atoms. The molecule has 1 N–H and O–H groups in total. The van der Waals surface area contributed by atoms with Crippen LogP contribution in [0.5, 0.6) is 5.75 Å². The van der Waals surface area contributed by atoms with E-state index in [1.54, 1.807) is 43.3 Å². The summed E-state index contributed by atoms with van der Waals surface area (Å²) >= 11 is 9.52. The number of nitrogens with one attached hydrogen (secondary N) is 1. The molecule has 1 saturated carbocycles. The van der Waals surface area contributed by atoms with E-state index in [4.69, 9.17) is 16.3 Å². The van der Waals surface area contributed by atoms with Crippen LogP contribution in [0, 0.1) is 0 Å². The van der Waals surface area contributed by atoms with Gasteiger partial charge in [-0.05, 0) is 86.0 Å². The van der Waals surface area contributed by atoms with E-state index >= 15 is 0 Å². The fraction of sp³-hybridized carbons (Fsp3) is 0.355. The van der Waals surface area contributed by atoms with E-state index in [1.807, 2.05) is 24.3 Å². The third kappa shape index (κ3) is 8.05. The van der Waals surface area contributed by atoms with Gasteiger partial charge < -0.3 is 15.0 Å². The van der Waals surface area contributed by atoms with Gasteiger partial charge in [0.25, 0.3) is 10.0 Å². The monoisotopic (exact) mass is 675 g/mol. The molecule has 224 valence electrons. The molecule has 0 radical (unpaired) electrons. The molecule has 2 amide bonds. The summed E-state index contributed by atoms with van der Waals surface area (Å²) in [6, 6.07) is 18.9. The molecule has 0 heterocycles. The van der Waals surface area contributed by atoms with Gasteiger partial charge in [0.2, 0.25) is 11.8 Å². The summed E-state index contributed by atoms with van der Waals surface area (Å²) in [5, 5.41) is 3.54. The molecular weight excluding hydrogens is 642 g/mol. The largest absolute Gasteiger partial charge is 0.497 e. The van der Waals surface area contributed by atoms with Crippen molar-refractivity contribution in [3.05, 3.63) is 87.9 Å². The van der Waals surface area contributed by atoms with Crippen molar-refractivity contribution in [2.75, 3.05) is 18.0 Å². The molecule has 11 heteroatoms. The zero-order valence-electron chi connectivity index (χ0n) is 23.6. The van der Waals surface area contributed by atoms with Crippen molar-refractivity contribution < 1.29 is 22.7 Å². The smallest absolute Gasteiger partial charge is 0.264 e. The van der Waals surface area contributed by atoms with E-state index < -0.39 is 28.5 Å². The van der Waals surface area contributed by atoms with Crippen molar-refractivity contribution in [1.82, 2.24) is 10.2 Å². The minimum atomic E-state index is -4.19. The van der Waals surface area contributed by atoms with Gasteiger partial charge in [0.1, 0.15) is 18.3 Å². The molecule has 42 heavy (non-hydrogen) atoms. The Balaban J connectivity index is 1.66. The van der Waals surface area contributed by atoms with Gasteiger partial charge in [-0.1, -0.05) is 58.9 Å². The quantitative estimate of drug-likeness (QED) is 0.262. The molecule has 3 aromatic carbocycles. The van der Waals surface area contributed by atoms with Gasteiger partial charge in [0.05, 0.1) is 17.7 Å². The van der Waals surface area contributed by atoms with E-state index in [9.17, 15) is 18.0 Å². The number of methoxy groups -OCH3 is 1. The Bertz CT molecular complexity index is 1460. The maximum atomic E-state index is 14.1. The predicted octanol–water partition coefficient (Wildman–Crippen LogP) is 6.17. The summed E-state index contributed by atoms with van der Waals surface area (Å²) in [5.41, 5.74) is 1.08. The molecule has 1 unspecified atom stereocenters. The van der Waals surface area contributed by atoms with Crippen molar-refractivity contribution in [1.29, 1.82) is 0 Å². The summed E-state index contributed by atoms with van der Waals surface area (Å²) in [6.45, 7) is 1.29. The minimum absolute atomic E-state index is 0.00593. The molecule has 0 saturated heterocycles. The van der Waals surface area contributed by atoms with Gasteiger partial charge in [-0.3, -0.25) is 13.9 Å². The highest BCUT2D eigenvalue weighted by atomic mass is 79.9. The van der Waals surface area contributed by atoms with Crippen LogP contribution >= 0.6 is 27.5 Å². The Kier molecular flexibility index (Phi) is 10.9. The second-order valence-electron chi connectivity index (χ2n) is 10.3. The van der Waals surface area contributed by atoms with Crippen LogP contribution < -0.4 is 14.4 Å². The Morgan fingerprint density at radius 2 is 1.60 bits per heavy atom. The number of hydrogen-bond acceptors (Lipinski definition) is 5. The van der Waals surface area contributed by atoms with Gasteiger partial charge in [-0.15, -0.1) is 0 Å². The summed E-state index contributed by atoms with van der Waals surface area (Å²) in [5.74, 6) is -0.277. The molecule has 1 atom stereocenters. The lowest BCUT2D eigenvalue weighted by atomic mass is 9.95. The third-order valence-electron chi connectivity index (χ3n) is 7.43. The average Bonchev–Trinajstić information content (AvgIpc) is 3.00. The second kappa shape index (κ2) is 14.4. The van der Waals surface area contributed by atoms with Crippen molar-refractivity contribution in [2.24, 2.45) is 0 Å². The van der Waals surface area contributed by atoms with Crippen LogP contribution in [-0.4, -0.2) is 50.9 Å². The molecule has 0 spiro atoms. The highest BCUT2D eigenvalue weighted by Crippen LogP contribution is 2.27. The molecule has 1 fully saturated rings. The van der Waals surface area contributed by atoms with Crippen LogP contribution in [-0.2, 0) is 26.2 Å². The molecule has 0 aliphatic heterocycles. The lowest BCUT2D eigenvalue weighted by Gasteiger charge is -2.33. The van der Waals surface area contributed by atoms with Gasteiger partial charge in [-0.2, -0.15) is 0 Å². The first-order valence-electron chi connectivity index (χ1n) is 13.8. The van der Waals surface area contributed by atoms with Crippen LogP contribution in [0.2, 0.25) is 5.02 Å². The first-order chi connectivity index (χ1) is 20.1. The number of nitrogens with zero attached hydrogens (tertiary/aromatic N) is 2. The Hall–Kier alpha value is -3.08. The van der Waals surface area contributed by atoms with Crippen molar-refractivity contribution in [3.8, 4) is 5.75 Å². The van der Waals surface area contributed by atoms with Crippen molar-refractivity contribution in [2.45, 2.75) is 62.6 Å². The van der Waals surface area contributed by atoms with Crippen LogP contribution in [0.4, 0.5) is 5.69 Å². The molecule has 1 aliphatic rings. The number of ether oxygens (including phenoxy) is 1. The first kappa shape index (κ1) is 31.8. The summed E-state index contributed by atoms with van der Waals surface area (Å²) in [4.78, 5) is 28.9. The van der Waals surface area contributed by atoms with Crippen LogP contribution in [0.3, 0.4) is 0 Å². The van der Waals surface area contributed by atoms with Crippen molar-refractivity contribution in [3.63, 3.8) is 0 Å². The zero-order valence-corrected chi connectivity index (χ0v) is 26.8. The number of amides is 2. The Labute approximate surface area is 261 Å². The fourth-order valence-corrected chi connectivity index (χ4v) is 6.75. The third-order valence-corrected chi connectivity index (χ3v) is 9.99. The van der Waals surface area contributed by atoms with Gasteiger partial charge in [0, 0.05) is 22.1 Å². The number of anilines is 1. The number of sulfonamides is 1. The van der Waals surface area contributed by atoms with Crippen LogP contribution in [0.15, 0.2) is 82.2 Å². The highest BCUT2D eigenvalue weighted by Gasteiger charge is 2.33. The number of benzene rings is 3. The zero-order chi connectivity index (χ0) is 30.3. The van der Waals surface area contributed by atoms with Crippen LogP contribution in [0.1, 0.15) is 44.6 Å². The van der Waals surface area contributed by atoms with E-state index in [0.717, 1.165) is 46.4 Å². The van der Waals surface area contributed by atoms with E-state index in [2.05, 4.69) is 21.2 Å². The average molecular weight is 677 g/mol. The van der Waals surface area contributed by atoms with Gasteiger partial charge in [-0.25, -0.2) is 8.42 Å². The number of hydrogen-bond donors (Lipinski definition) is 1. The van der Waals surface area contributed by atoms with Crippen LogP contribution in [0.25, 0.3) is 0 Å². The van der Waals surface area contributed by atoms with Crippen molar-refractivity contribution >= 4 is 55.1 Å². The van der Waals surface area contributed by atoms with E-state index in [0.29, 0.717) is 10.8 Å². The van der Waals surface area contributed by atoms with E-state index in [1.165, 1.54) is 24.1 Å². The summed E-state index contributed by atoms with van der Waals surface area (Å²) in [7, 11) is -2.69. The van der Waals surface area contributed by atoms with Gasteiger partial charge >= 0.3 is 0 Å². The summed E-state index contributed by atoms with van der Waals surface area (Å²) < 4.78 is 35.0. The Morgan fingerprint density at radius 1 is 0.976 bits per heavy atom. The van der Waals surface area contributed by atoms with E-state index in [-0.39, 0.29) is 29.1 Å². The Morgan fingerprint density at radius 3 is 2.19 bits per heavy atom. The molecule has 8 nitrogen and oxygen atoms in total. The minimum Gasteiger partial charge on any atom is -0.497 e. The molecule has 1 aliphatic carbocycles. The standard InChI is InChI=1S/C31H35BrClN3O5S/c1-22(31(38)34-26-6-4-3-5-7-26)35(20-23-8-10-24(32)11-9-23)30(37)21-36(27-14-12-25(33)13-15-27)42(39,40)29-18-16-28(41-2)17-19-29/h8-19,22,26H,3-7,20-21H2,1-2H3,(H,34,38).